The van der Waals surface area contributed by atoms with Gasteiger partial charge in [-0.2, -0.15) is 0 Å². The van der Waals surface area contributed by atoms with E-state index >= 15 is 0 Å². The van der Waals surface area contributed by atoms with Gasteiger partial charge in [-0.3, -0.25) is 13.9 Å². The van der Waals surface area contributed by atoms with E-state index in [1.165, 1.54) is 4.90 Å². The second kappa shape index (κ2) is 12.6. The first kappa shape index (κ1) is 28.2. The van der Waals surface area contributed by atoms with E-state index < -0.39 is 28.5 Å². The van der Waals surface area contributed by atoms with Crippen LogP contribution < -0.4 is 14.4 Å². The van der Waals surface area contributed by atoms with Crippen molar-refractivity contribution < 1.29 is 22.7 Å². The lowest BCUT2D eigenvalue weighted by molar-refractivity contribution is -0.139. The number of ether oxygens (including phenoxy) is 1. The molecule has 2 aromatic carbocycles. The maximum absolute atomic E-state index is 13.6. The molecule has 0 aliphatic carbocycles. The zero-order valence-electron chi connectivity index (χ0n) is 21.5. The van der Waals surface area contributed by atoms with Crippen LogP contribution in [0.1, 0.15) is 43.4 Å². The number of nitrogens with zero attached hydrogens (tertiary/aromatic N) is 2. The molecule has 0 aliphatic rings. The molecular formula is C26H37N3O5S. The minimum Gasteiger partial charge on any atom is -0.497 e. The van der Waals surface area contributed by atoms with Gasteiger partial charge < -0.3 is 15.0 Å². The van der Waals surface area contributed by atoms with Crippen LogP contribution >= 0.6 is 0 Å². The first-order valence-corrected chi connectivity index (χ1v) is 13.6. The largest absolute Gasteiger partial charge is 0.497 e. The molecule has 0 saturated heterocycles. The summed E-state index contributed by atoms with van der Waals surface area (Å²) in [5.74, 6) is -0.0709. The molecule has 9 heteroatoms. The Morgan fingerprint density at radius 1 is 1.09 bits per heavy atom. The zero-order chi connectivity index (χ0) is 26.2. The lowest BCUT2D eigenvalue weighted by Crippen LogP contribution is -2.51. The van der Waals surface area contributed by atoms with Crippen LogP contribution in [0.15, 0.2) is 42.5 Å². The molecule has 2 aromatic rings. The van der Waals surface area contributed by atoms with E-state index in [2.05, 4.69) is 5.32 Å². The molecule has 0 aromatic heterocycles. The van der Waals surface area contributed by atoms with Crippen molar-refractivity contribution in [2.75, 3.05) is 30.8 Å². The second-order valence-corrected chi connectivity index (χ2v) is 10.7. The Bertz CT molecular complexity index is 1120. The number of hydrogen-bond donors (Lipinski definition) is 1. The number of carbonyl (C=O) groups is 2. The molecule has 1 atom stereocenters. The number of aryl methyl sites for hydroxylation is 2. The van der Waals surface area contributed by atoms with Crippen LogP contribution in [0.5, 0.6) is 5.75 Å². The lowest BCUT2D eigenvalue weighted by Gasteiger charge is -2.32. The van der Waals surface area contributed by atoms with Gasteiger partial charge in [0.2, 0.25) is 21.8 Å². The second-order valence-electron chi connectivity index (χ2n) is 8.75. The lowest BCUT2D eigenvalue weighted by atomic mass is 10.1. The molecule has 0 aliphatic heterocycles. The number of unbranched alkanes of at least 4 members (excludes halogenated alkanes) is 1. The molecule has 0 fully saturated rings. The van der Waals surface area contributed by atoms with Gasteiger partial charge in [-0.15, -0.1) is 0 Å². The van der Waals surface area contributed by atoms with Crippen LogP contribution in [0.4, 0.5) is 5.69 Å². The number of rotatable bonds is 12. The summed E-state index contributed by atoms with van der Waals surface area (Å²) in [4.78, 5) is 27.9. The number of sulfonamides is 1. The third-order valence-electron chi connectivity index (χ3n) is 5.82. The monoisotopic (exact) mass is 503 g/mol. The first-order chi connectivity index (χ1) is 16.5. The van der Waals surface area contributed by atoms with Gasteiger partial charge in [0.05, 0.1) is 19.1 Å². The van der Waals surface area contributed by atoms with Crippen LogP contribution in [0.25, 0.3) is 0 Å². The van der Waals surface area contributed by atoms with Gasteiger partial charge in [0, 0.05) is 13.1 Å². The van der Waals surface area contributed by atoms with Gasteiger partial charge in [-0.1, -0.05) is 37.6 Å². The van der Waals surface area contributed by atoms with E-state index in [9.17, 15) is 18.0 Å². The Hall–Kier alpha value is -3.07. The molecule has 0 heterocycles. The van der Waals surface area contributed by atoms with E-state index in [0.29, 0.717) is 18.0 Å². The quantitative estimate of drug-likeness (QED) is 0.448. The van der Waals surface area contributed by atoms with Gasteiger partial charge in [-0.05, 0) is 62.1 Å². The predicted octanol–water partition coefficient (Wildman–Crippen LogP) is 3.41. The minimum atomic E-state index is -3.76. The normalized spacial score (nSPS) is 12.1. The van der Waals surface area contributed by atoms with E-state index in [1.54, 1.807) is 39.2 Å². The summed E-state index contributed by atoms with van der Waals surface area (Å²) in [6.07, 6.45) is 2.85. The van der Waals surface area contributed by atoms with Crippen LogP contribution in [-0.2, 0) is 26.2 Å². The number of carbonyl (C=O) groups excluding carboxylic acids is 2. The van der Waals surface area contributed by atoms with Crippen LogP contribution in [-0.4, -0.2) is 57.6 Å². The molecule has 192 valence electrons. The SMILES string of the molecule is CCCCNC(=O)[C@@H](C)N(Cc1ccc(OC)cc1)C(=O)CN(c1cc(C)ccc1C)S(C)(=O)=O. The van der Waals surface area contributed by atoms with Gasteiger partial charge in [0.15, 0.2) is 0 Å². The standard InChI is InChI=1S/C26H37N3O5S/c1-7-8-15-27-26(31)21(4)28(17-22-11-13-23(34-5)14-12-22)25(30)18-29(35(6,32)33)24-16-19(2)9-10-20(24)3/h9-14,16,21H,7-8,15,17-18H2,1-6H3,(H,27,31)/t21-/m1/s1. The van der Waals surface area contributed by atoms with Gasteiger partial charge >= 0.3 is 0 Å². The average Bonchev–Trinajstić information content (AvgIpc) is 2.81. The molecule has 2 rings (SSSR count). The number of hydrogen-bond acceptors (Lipinski definition) is 5. The smallest absolute Gasteiger partial charge is 0.244 e. The molecule has 0 unspecified atom stereocenters. The molecule has 0 radical (unpaired) electrons. The highest BCUT2D eigenvalue weighted by atomic mass is 32.2. The summed E-state index contributed by atoms with van der Waals surface area (Å²) >= 11 is 0. The number of amides is 2. The highest BCUT2D eigenvalue weighted by Gasteiger charge is 2.30. The molecule has 0 bridgehead atoms. The first-order valence-electron chi connectivity index (χ1n) is 11.7. The van der Waals surface area contributed by atoms with Crippen LogP contribution in [0, 0.1) is 13.8 Å². The Morgan fingerprint density at radius 2 is 1.74 bits per heavy atom. The fourth-order valence-corrected chi connectivity index (χ4v) is 4.53. The number of nitrogens with one attached hydrogen (secondary N) is 1. The average molecular weight is 504 g/mol. The Morgan fingerprint density at radius 3 is 2.31 bits per heavy atom. The molecular weight excluding hydrogens is 466 g/mol. The molecule has 0 saturated carbocycles. The maximum Gasteiger partial charge on any atom is 0.244 e. The fraction of sp³-hybridized carbons (Fsp3) is 0.462. The number of methoxy groups -OCH3 is 1. The van der Waals surface area contributed by atoms with Crippen molar-refractivity contribution in [1.29, 1.82) is 0 Å². The van der Waals surface area contributed by atoms with E-state index in [0.717, 1.165) is 40.1 Å². The predicted molar refractivity (Wildman–Crippen MR) is 139 cm³/mol. The third kappa shape index (κ3) is 7.99. The number of anilines is 1. The maximum atomic E-state index is 13.6. The van der Waals surface area contributed by atoms with Gasteiger partial charge in [0.25, 0.3) is 0 Å². The molecule has 8 nitrogen and oxygen atoms in total. The highest BCUT2D eigenvalue weighted by Crippen LogP contribution is 2.24. The van der Waals surface area contributed by atoms with Crippen molar-refractivity contribution in [2.45, 2.75) is 53.1 Å². The summed E-state index contributed by atoms with van der Waals surface area (Å²) in [5, 5.41) is 2.87. The summed E-state index contributed by atoms with van der Waals surface area (Å²) in [5.41, 5.74) is 2.86. The minimum absolute atomic E-state index is 0.148. The van der Waals surface area contributed by atoms with E-state index in [4.69, 9.17) is 4.74 Å². The zero-order valence-corrected chi connectivity index (χ0v) is 22.3. The van der Waals surface area contributed by atoms with Crippen molar-refractivity contribution >= 4 is 27.5 Å². The number of benzene rings is 2. The summed E-state index contributed by atoms with van der Waals surface area (Å²) in [6, 6.07) is 11.9. The summed E-state index contributed by atoms with van der Waals surface area (Å²) in [7, 11) is -2.19. The van der Waals surface area contributed by atoms with E-state index in [1.807, 2.05) is 38.1 Å². The molecule has 1 N–H and O–H groups in total. The molecule has 0 spiro atoms. The van der Waals surface area contributed by atoms with Crippen molar-refractivity contribution in [3.8, 4) is 5.75 Å². The molecule has 2 amide bonds. The highest BCUT2D eigenvalue weighted by molar-refractivity contribution is 7.92. The van der Waals surface area contributed by atoms with E-state index in [-0.39, 0.29) is 12.5 Å². The van der Waals surface area contributed by atoms with Crippen LogP contribution in [0.2, 0.25) is 0 Å². The topological polar surface area (TPSA) is 96.0 Å². The fourth-order valence-electron chi connectivity index (χ4n) is 3.63. The van der Waals surface area contributed by atoms with Crippen molar-refractivity contribution in [1.82, 2.24) is 10.2 Å². The van der Waals surface area contributed by atoms with Crippen molar-refractivity contribution in [3.05, 3.63) is 59.2 Å². The van der Waals surface area contributed by atoms with Crippen LogP contribution in [0.3, 0.4) is 0 Å². The molecule has 35 heavy (non-hydrogen) atoms. The Balaban J connectivity index is 2.38. The Kier molecular flexibility index (Phi) is 10.1. The van der Waals surface area contributed by atoms with Gasteiger partial charge in [-0.25, -0.2) is 8.42 Å². The summed E-state index contributed by atoms with van der Waals surface area (Å²) in [6.45, 7) is 7.61. The van der Waals surface area contributed by atoms with Gasteiger partial charge in [0.1, 0.15) is 18.3 Å². The Labute approximate surface area is 209 Å². The van der Waals surface area contributed by atoms with Crippen molar-refractivity contribution in [2.24, 2.45) is 0 Å². The van der Waals surface area contributed by atoms with Crippen molar-refractivity contribution in [3.63, 3.8) is 0 Å². The third-order valence-corrected chi connectivity index (χ3v) is 6.95. The summed E-state index contributed by atoms with van der Waals surface area (Å²) < 4.78 is 31.8.